The second-order valence-corrected chi connectivity index (χ2v) is 4.70. The lowest BCUT2D eigenvalue weighted by Crippen LogP contribution is -2.38. The molecule has 0 saturated carbocycles. The van der Waals surface area contributed by atoms with Crippen LogP contribution in [-0.4, -0.2) is 39.5 Å². The monoisotopic (exact) mass is 229 g/mol. The Labute approximate surface area is 99.9 Å². The minimum absolute atomic E-state index is 0.682. The van der Waals surface area contributed by atoms with E-state index < -0.39 is 0 Å². The maximum absolute atomic E-state index is 5.59. The molecule has 0 spiro atoms. The average Bonchev–Trinajstić information content (AvgIpc) is 2.34. The van der Waals surface area contributed by atoms with Crippen LogP contribution in [-0.2, 0) is 9.47 Å². The molecule has 96 valence electrons. The molecule has 16 heavy (non-hydrogen) atoms. The molecule has 0 aromatic carbocycles. The van der Waals surface area contributed by atoms with Crippen LogP contribution in [0.3, 0.4) is 0 Å². The lowest BCUT2D eigenvalue weighted by molar-refractivity contribution is 0.0923. The van der Waals surface area contributed by atoms with E-state index in [1.165, 1.54) is 25.8 Å². The fourth-order valence-electron chi connectivity index (χ4n) is 2.32. The summed E-state index contributed by atoms with van der Waals surface area (Å²) in [4.78, 5) is 0. The van der Waals surface area contributed by atoms with Crippen LogP contribution in [0.4, 0.5) is 0 Å². The Morgan fingerprint density at radius 1 is 1.25 bits per heavy atom. The minimum atomic E-state index is 0.682. The molecule has 1 aliphatic heterocycles. The first-order chi connectivity index (χ1) is 7.86. The molecule has 1 heterocycles. The Morgan fingerprint density at radius 3 is 2.88 bits per heavy atom. The summed E-state index contributed by atoms with van der Waals surface area (Å²) >= 11 is 0. The number of ether oxygens (including phenoxy) is 2. The van der Waals surface area contributed by atoms with E-state index in [4.69, 9.17) is 9.47 Å². The van der Waals surface area contributed by atoms with Crippen molar-refractivity contribution in [3.63, 3.8) is 0 Å². The second kappa shape index (κ2) is 8.97. The molecule has 1 rings (SSSR count). The van der Waals surface area contributed by atoms with Crippen LogP contribution in [0.5, 0.6) is 0 Å². The number of piperidine rings is 1. The van der Waals surface area contributed by atoms with Crippen molar-refractivity contribution < 1.29 is 9.47 Å². The topological polar surface area (TPSA) is 30.5 Å². The minimum Gasteiger partial charge on any atom is -0.385 e. The average molecular weight is 229 g/mol. The highest BCUT2D eigenvalue weighted by Crippen LogP contribution is 2.20. The third-order valence-corrected chi connectivity index (χ3v) is 3.43. The third kappa shape index (κ3) is 5.83. The highest BCUT2D eigenvalue weighted by molar-refractivity contribution is 4.77. The largest absolute Gasteiger partial charge is 0.385 e. The summed E-state index contributed by atoms with van der Waals surface area (Å²) in [6, 6.07) is 0.682. The van der Waals surface area contributed by atoms with Gasteiger partial charge >= 0.3 is 0 Å². The summed E-state index contributed by atoms with van der Waals surface area (Å²) in [6.45, 7) is 6.01. The van der Waals surface area contributed by atoms with Gasteiger partial charge in [0.15, 0.2) is 0 Å². The molecule has 0 amide bonds. The van der Waals surface area contributed by atoms with E-state index in [0.29, 0.717) is 6.04 Å². The van der Waals surface area contributed by atoms with E-state index in [-0.39, 0.29) is 0 Å². The van der Waals surface area contributed by atoms with Gasteiger partial charge < -0.3 is 14.8 Å². The van der Waals surface area contributed by atoms with E-state index in [1.807, 2.05) is 0 Å². The smallest absolute Gasteiger partial charge is 0.0487 e. The first-order valence-electron chi connectivity index (χ1n) is 6.66. The Morgan fingerprint density at radius 2 is 2.12 bits per heavy atom. The molecular weight excluding hydrogens is 202 g/mol. The molecule has 1 aliphatic rings. The summed E-state index contributed by atoms with van der Waals surface area (Å²) in [5.74, 6) is 0.930. The number of hydrogen-bond donors (Lipinski definition) is 1. The zero-order chi connectivity index (χ0) is 11.6. The van der Waals surface area contributed by atoms with Gasteiger partial charge in [-0.3, -0.25) is 0 Å². The van der Waals surface area contributed by atoms with E-state index in [1.54, 1.807) is 7.11 Å². The first-order valence-corrected chi connectivity index (χ1v) is 6.66. The van der Waals surface area contributed by atoms with Crippen LogP contribution in [0.15, 0.2) is 0 Å². The van der Waals surface area contributed by atoms with Gasteiger partial charge in [0.05, 0.1) is 0 Å². The predicted molar refractivity (Wildman–Crippen MR) is 66.7 cm³/mol. The first kappa shape index (κ1) is 13.9. The van der Waals surface area contributed by atoms with Crippen LogP contribution < -0.4 is 5.32 Å². The molecule has 0 aliphatic carbocycles. The maximum Gasteiger partial charge on any atom is 0.0487 e. The molecule has 2 unspecified atom stereocenters. The van der Waals surface area contributed by atoms with Crippen molar-refractivity contribution in [3.05, 3.63) is 0 Å². The van der Waals surface area contributed by atoms with Gasteiger partial charge in [-0.05, 0) is 38.1 Å². The summed E-state index contributed by atoms with van der Waals surface area (Å²) < 4.78 is 10.6. The van der Waals surface area contributed by atoms with Gasteiger partial charge in [0.25, 0.3) is 0 Å². The molecule has 0 aromatic rings. The van der Waals surface area contributed by atoms with Crippen molar-refractivity contribution in [2.24, 2.45) is 5.92 Å². The number of methoxy groups -OCH3 is 1. The second-order valence-electron chi connectivity index (χ2n) is 4.70. The Balaban J connectivity index is 1.95. The van der Waals surface area contributed by atoms with Gasteiger partial charge in [-0.15, -0.1) is 0 Å². The highest BCUT2D eigenvalue weighted by Gasteiger charge is 2.19. The summed E-state index contributed by atoms with van der Waals surface area (Å²) in [5, 5.41) is 3.58. The molecule has 2 atom stereocenters. The Bertz CT molecular complexity index is 164. The Kier molecular flexibility index (Phi) is 7.81. The molecular formula is C13H27NO2. The van der Waals surface area contributed by atoms with Crippen LogP contribution in [0.25, 0.3) is 0 Å². The zero-order valence-corrected chi connectivity index (χ0v) is 10.8. The highest BCUT2D eigenvalue weighted by atomic mass is 16.5. The zero-order valence-electron chi connectivity index (χ0n) is 10.8. The Hall–Kier alpha value is -0.120. The normalized spacial score (nSPS) is 25.9. The summed E-state index contributed by atoms with van der Waals surface area (Å²) in [7, 11) is 1.73. The van der Waals surface area contributed by atoms with Gasteiger partial charge in [0.1, 0.15) is 0 Å². The molecule has 0 aromatic heterocycles. The van der Waals surface area contributed by atoms with Gasteiger partial charge in [-0.1, -0.05) is 13.3 Å². The molecule has 3 heteroatoms. The van der Waals surface area contributed by atoms with E-state index in [0.717, 1.165) is 38.6 Å². The van der Waals surface area contributed by atoms with Crippen molar-refractivity contribution in [3.8, 4) is 0 Å². The molecule has 1 saturated heterocycles. The van der Waals surface area contributed by atoms with Crippen LogP contribution in [0.1, 0.15) is 39.0 Å². The predicted octanol–water partition coefficient (Wildman–Crippen LogP) is 2.21. The number of nitrogens with one attached hydrogen (secondary N) is 1. The van der Waals surface area contributed by atoms with Crippen molar-refractivity contribution in [1.29, 1.82) is 0 Å². The van der Waals surface area contributed by atoms with Crippen molar-refractivity contribution in [2.45, 2.75) is 45.1 Å². The van der Waals surface area contributed by atoms with Gasteiger partial charge in [0, 0.05) is 33.0 Å². The lowest BCUT2D eigenvalue weighted by Gasteiger charge is -2.29. The molecule has 3 nitrogen and oxygen atoms in total. The fraction of sp³-hybridized carbons (Fsp3) is 1.00. The standard InChI is InChI=1S/C13H27NO2/c1-3-12-5-7-14-13(11-12)6-10-16-9-4-8-15-2/h12-14H,3-11H2,1-2H3. The fourth-order valence-corrected chi connectivity index (χ4v) is 2.32. The van der Waals surface area contributed by atoms with Crippen molar-refractivity contribution in [1.82, 2.24) is 5.32 Å². The summed E-state index contributed by atoms with van der Waals surface area (Å²) in [5.41, 5.74) is 0. The third-order valence-electron chi connectivity index (χ3n) is 3.43. The number of rotatable bonds is 8. The van der Waals surface area contributed by atoms with Crippen LogP contribution >= 0.6 is 0 Å². The quantitative estimate of drug-likeness (QED) is 0.647. The van der Waals surface area contributed by atoms with Crippen molar-refractivity contribution in [2.75, 3.05) is 33.5 Å². The molecule has 1 N–H and O–H groups in total. The maximum atomic E-state index is 5.59. The van der Waals surface area contributed by atoms with Gasteiger partial charge in [0.2, 0.25) is 0 Å². The lowest BCUT2D eigenvalue weighted by atomic mass is 9.89. The molecule has 0 bridgehead atoms. The van der Waals surface area contributed by atoms with E-state index >= 15 is 0 Å². The van der Waals surface area contributed by atoms with Crippen LogP contribution in [0, 0.1) is 5.92 Å². The van der Waals surface area contributed by atoms with E-state index in [2.05, 4.69) is 12.2 Å². The molecule has 1 fully saturated rings. The van der Waals surface area contributed by atoms with Gasteiger partial charge in [-0.2, -0.15) is 0 Å². The number of hydrogen-bond acceptors (Lipinski definition) is 3. The van der Waals surface area contributed by atoms with Gasteiger partial charge in [-0.25, -0.2) is 0 Å². The van der Waals surface area contributed by atoms with Crippen molar-refractivity contribution >= 4 is 0 Å². The van der Waals surface area contributed by atoms with Crippen LogP contribution in [0.2, 0.25) is 0 Å². The SMILES string of the molecule is CCC1CCNC(CCOCCCOC)C1. The molecule has 0 radical (unpaired) electrons. The summed E-state index contributed by atoms with van der Waals surface area (Å²) in [6.07, 6.45) is 6.17. The van der Waals surface area contributed by atoms with E-state index in [9.17, 15) is 0 Å².